The molecule has 0 bridgehead atoms. The number of aliphatic hydroxyl groups is 1. The molecule has 0 saturated heterocycles. The highest BCUT2D eigenvalue weighted by molar-refractivity contribution is 7.89. The first kappa shape index (κ1) is 39.7. The summed E-state index contributed by atoms with van der Waals surface area (Å²) in [5.74, 6) is -0.649. The van der Waals surface area contributed by atoms with E-state index in [0.29, 0.717) is 18.4 Å². The Morgan fingerprint density at radius 3 is 1.94 bits per heavy atom. The van der Waals surface area contributed by atoms with Gasteiger partial charge in [-0.2, -0.15) is 4.31 Å². The third kappa shape index (κ3) is 10.3. The summed E-state index contributed by atoms with van der Waals surface area (Å²) in [6.45, 7) is 6.27. The number of benzene rings is 3. The zero-order chi connectivity index (χ0) is 37.0. The number of nitrogens with zero attached hydrogens (tertiary/aromatic N) is 1. The van der Waals surface area contributed by atoms with Gasteiger partial charge in [0.2, 0.25) is 15.9 Å². The fourth-order valence-electron chi connectivity index (χ4n) is 5.95. The van der Waals surface area contributed by atoms with E-state index < -0.39 is 40.2 Å². The summed E-state index contributed by atoms with van der Waals surface area (Å²) in [4.78, 5) is 28.6. The molecule has 12 heteroatoms. The molecule has 0 spiro atoms. The van der Waals surface area contributed by atoms with Gasteiger partial charge in [0.05, 0.1) is 37.3 Å². The molecule has 2 amide bonds. The highest BCUT2D eigenvalue weighted by Crippen LogP contribution is 2.36. The van der Waals surface area contributed by atoms with Crippen LogP contribution in [0.3, 0.4) is 0 Å². The smallest absolute Gasteiger partial charge is 0.407 e. The summed E-state index contributed by atoms with van der Waals surface area (Å²) in [5, 5.41) is 15.5. The Morgan fingerprint density at radius 1 is 0.843 bits per heavy atom. The van der Waals surface area contributed by atoms with Crippen molar-refractivity contribution >= 4 is 33.4 Å². The van der Waals surface area contributed by atoms with Gasteiger partial charge in [-0.05, 0) is 59.7 Å². The van der Waals surface area contributed by atoms with Crippen molar-refractivity contribution in [2.45, 2.75) is 69.2 Å². The van der Waals surface area contributed by atoms with Crippen molar-refractivity contribution in [2.24, 2.45) is 5.92 Å². The molecule has 0 aliphatic heterocycles. The van der Waals surface area contributed by atoms with Crippen molar-refractivity contribution in [3.05, 3.63) is 124 Å². The quantitative estimate of drug-likeness (QED) is 0.103. The molecule has 4 aromatic rings. The molecule has 10 nitrogen and oxygen atoms in total. The Labute approximate surface area is 305 Å². The number of amides is 2. The van der Waals surface area contributed by atoms with Crippen LogP contribution in [0, 0.1) is 5.92 Å². The number of carbonyl (C=O) groups excluding carboxylic acids is 2. The summed E-state index contributed by atoms with van der Waals surface area (Å²) in [6.07, 6.45) is 0.451. The fourth-order valence-corrected chi connectivity index (χ4v) is 8.87. The van der Waals surface area contributed by atoms with Gasteiger partial charge >= 0.3 is 6.09 Å². The lowest BCUT2D eigenvalue weighted by atomic mass is 9.84. The summed E-state index contributed by atoms with van der Waals surface area (Å²) >= 11 is 1.42. The van der Waals surface area contributed by atoms with Crippen LogP contribution in [0.5, 0.6) is 0 Å². The minimum atomic E-state index is -3.96. The third-order valence-electron chi connectivity index (χ3n) is 8.75. The van der Waals surface area contributed by atoms with Crippen molar-refractivity contribution in [2.75, 3.05) is 27.4 Å². The highest BCUT2D eigenvalue weighted by Gasteiger charge is 2.36. The van der Waals surface area contributed by atoms with E-state index in [1.165, 1.54) is 34.9 Å². The minimum absolute atomic E-state index is 0.121. The maximum absolute atomic E-state index is 14.3. The third-order valence-corrected chi connectivity index (χ3v) is 12.0. The summed E-state index contributed by atoms with van der Waals surface area (Å²) in [7, 11) is -1.15. The van der Waals surface area contributed by atoms with Gasteiger partial charge < -0.3 is 25.2 Å². The van der Waals surface area contributed by atoms with Gasteiger partial charge in [0.1, 0.15) is 6.04 Å². The molecule has 3 atom stereocenters. The largest absolute Gasteiger partial charge is 0.453 e. The van der Waals surface area contributed by atoms with Crippen molar-refractivity contribution < 1.29 is 32.6 Å². The number of aliphatic hydroxyl groups excluding tert-OH is 1. The monoisotopic (exact) mass is 735 g/mol. The number of hydrogen-bond acceptors (Lipinski definition) is 8. The normalized spacial score (nSPS) is 13.6. The van der Waals surface area contributed by atoms with E-state index in [4.69, 9.17) is 9.47 Å². The average molecular weight is 736 g/mol. The second-order valence-electron chi connectivity index (χ2n) is 12.7. The number of ether oxygens (including phenoxy) is 2. The van der Waals surface area contributed by atoms with E-state index in [1.54, 1.807) is 19.2 Å². The molecule has 0 aliphatic carbocycles. The zero-order valence-electron chi connectivity index (χ0n) is 29.8. The van der Waals surface area contributed by atoms with Gasteiger partial charge in [-0.15, -0.1) is 11.3 Å². The van der Waals surface area contributed by atoms with Gasteiger partial charge in [-0.25, -0.2) is 13.2 Å². The van der Waals surface area contributed by atoms with E-state index in [0.717, 1.165) is 20.9 Å². The maximum Gasteiger partial charge on any atom is 0.407 e. The average Bonchev–Trinajstić information content (AvgIpc) is 3.63. The van der Waals surface area contributed by atoms with Gasteiger partial charge in [-0.3, -0.25) is 4.79 Å². The molecule has 1 aromatic heterocycles. The summed E-state index contributed by atoms with van der Waals surface area (Å²) < 4.78 is 40.4. The molecule has 0 radical (unpaired) electrons. The number of nitrogens with one attached hydrogen (secondary N) is 2. The van der Waals surface area contributed by atoms with Crippen LogP contribution in [0.25, 0.3) is 0 Å². The topological polar surface area (TPSA) is 134 Å². The van der Waals surface area contributed by atoms with E-state index in [1.807, 2.05) is 93.6 Å². The van der Waals surface area contributed by atoms with Crippen LogP contribution in [-0.4, -0.2) is 63.2 Å². The van der Waals surface area contributed by atoms with E-state index in [2.05, 4.69) is 10.6 Å². The zero-order valence-corrected chi connectivity index (χ0v) is 31.5. The Balaban J connectivity index is 1.68. The van der Waals surface area contributed by atoms with Crippen LogP contribution in [0.4, 0.5) is 4.79 Å². The molecular formula is C39H49N3O7S2. The van der Waals surface area contributed by atoms with Crippen LogP contribution in [0.15, 0.2) is 102 Å². The Morgan fingerprint density at radius 2 is 1.43 bits per heavy atom. The lowest BCUT2D eigenvalue weighted by molar-refractivity contribution is -0.124. The molecular weight excluding hydrogens is 687 g/mol. The maximum atomic E-state index is 14.3. The van der Waals surface area contributed by atoms with Crippen molar-refractivity contribution in [1.82, 2.24) is 14.9 Å². The first-order valence-corrected chi connectivity index (χ1v) is 19.3. The molecule has 1 heterocycles. The number of alkyl carbamates (subject to hydrolysis) is 1. The minimum Gasteiger partial charge on any atom is -0.453 e. The van der Waals surface area contributed by atoms with Gasteiger partial charge in [-0.1, -0.05) is 93.6 Å². The van der Waals surface area contributed by atoms with E-state index in [9.17, 15) is 23.1 Å². The molecule has 3 aromatic carbocycles. The molecule has 2 unspecified atom stereocenters. The van der Waals surface area contributed by atoms with Crippen molar-refractivity contribution in [3.63, 3.8) is 0 Å². The predicted molar refractivity (Wildman–Crippen MR) is 200 cm³/mol. The number of methoxy groups -OCH3 is 2. The number of rotatable bonds is 18. The molecule has 4 rings (SSSR count). The number of thiophene rings is 1. The number of hydrogen-bond donors (Lipinski definition) is 3. The Kier molecular flexibility index (Phi) is 14.8. The first-order chi connectivity index (χ1) is 24.5. The summed E-state index contributed by atoms with van der Waals surface area (Å²) in [6, 6.07) is 27.1. The van der Waals surface area contributed by atoms with Gasteiger partial charge in [0, 0.05) is 29.3 Å². The van der Waals surface area contributed by atoms with Crippen molar-refractivity contribution in [3.8, 4) is 0 Å². The molecule has 3 N–H and O–H groups in total. The number of carbonyl (C=O) groups is 2. The van der Waals surface area contributed by atoms with Crippen LogP contribution >= 0.6 is 11.3 Å². The van der Waals surface area contributed by atoms with E-state index in [-0.39, 0.29) is 36.5 Å². The Bertz CT molecular complexity index is 1740. The van der Waals surface area contributed by atoms with E-state index >= 15 is 0 Å². The van der Waals surface area contributed by atoms with Gasteiger partial charge in [0.25, 0.3) is 0 Å². The summed E-state index contributed by atoms with van der Waals surface area (Å²) in [5.41, 5.74) is 2.32. The van der Waals surface area contributed by atoms with Crippen LogP contribution in [0.2, 0.25) is 0 Å². The highest BCUT2D eigenvalue weighted by atomic mass is 32.2. The van der Waals surface area contributed by atoms with Crippen LogP contribution < -0.4 is 10.6 Å². The molecule has 51 heavy (non-hydrogen) atoms. The number of sulfonamides is 1. The molecule has 0 fully saturated rings. The Hall–Kier alpha value is -4.07. The fraction of sp³-hybridized carbons (Fsp3) is 0.385. The lowest BCUT2D eigenvalue weighted by Gasteiger charge is -2.31. The van der Waals surface area contributed by atoms with Crippen LogP contribution in [0.1, 0.15) is 78.1 Å². The van der Waals surface area contributed by atoms with Crippen molar-refractivity contribution in [1.29, 1.82) is 0 Å². The molecule has 274 valence electrons. The molecule has 0 saturated carbocycles. The molecule has 0 aliphatic rings. The lowest BCUT2D eigenvalue weighted by Crippen LogP contribution is -2.51. The van der Waals surface area contributed by atoms with Gasteiger partial charge in [0.15, 0.2) is 0 Å². The first-order valence-electron chi connectivity index (χ1n) is 17.1. The second-order valence-corrected chi connectivity index (χ2v) is 15.7. The van der Waals surface area contributed by atoms with Crippen LogP contribution in [-0.2, 0) is 30.9 Å². The SMILES string of the molecule is CCC(NC(=O)[C@@H](NC(=O)OC)C(c1ccccc1)c1ccccc1)c1ccc(C(COC)N(CCC(C)C)S(=O)(=O)c2ccc(CO)cc2)s1. The standard InChI is InChI=1S/C39H49N3O7S2/c1-6-32(40-38(44)37(41-39(45)49-5)36(29-13-9-7-10-14-29)30-15-11-8-12-16-30)34-21-22-35(50-34)33(26-48-4)42(24-23-27(2)3)51(46,47)31-19-17-28(25-43)18-20-31/h7-22,27,32-33,36-37,43H,6,23-26H2,1-5H3,(H,40,44)(H,41,45)/t32?,33?,37-/m0/s1. The predicted octanol–water partition coefficient (Wildman–Crippen LogP) is 6.79. The second kappa shape index (κ2) is 19.0.